The number of aromatic nitrogens is 2. The summed E-state index contributed by atoms with van der Waals surface area (Å²) in [5, 5.41) is 18.2. The highest BCUT2D eigenvalue weighted by Crippen LogP contribution is 2.28. The Morgan fingerprint density at radius 3 is 2.79 bits per heavy atom. The molecule has 1 heterocycles. The van der Waals surface area contributed by atoms with Crippen LogP contribution in [0, 0.1) is 15.9 Å². The standard InChI is InChI=1S/C11H10FN3O4/c1-2-10-13-14-11(19-10)6-18-9-5-7(12)3-4-8(9)15(16)17/h3-5H,2,6H2,1H3. The van der Waals surface area contributed by atoms with Gasteiger partial charge in [0.1, 0.15) is 5.82 Å². The Bertz CT molecular complexity index is 599. The molecule has 1 aromatic carbocycles. The van der Waals surface area contributed by atoms with Gasteiger partial charge in [0.2, 0.25) is 11.6 Å². The Labute approximate surface area is 107 Å². The van der Waals surface area contributed by atoms with Crippen LogP contribution in [-0.4, -0.2) is 15.1 Å². The summed E-state index contributed by atoms with van der Waals surface area (Å²) < 4.78 is 23.4. The summed E-state index contributed by atoms with van der Waals surface area (Å²) in [5.41, 5.74) is -0.323. The van der Waals surface area contributed by atoms with Gasteiger partial charge in [0.15, 0.2) is 6.61 Å². The van der Waals surface area contributed by atoms with Crippen LogP contribution in [0.25, 0.3) is 0 Å². The van der Waals surface area contributed by atoms with Crippen molar-refractivity contribution in [3.63, 3.8) is 0 Å². The zero-order chi connectivity index (χ0) is 13.8. The molecule has 2 aromatic rings. The largest absolute Gasteiger partial charge is 0.477 e. The van der Waals surface area contributed by atoms with E-state index in [1.807, 2.05) is 6.92 Å². The fourth-order valence-electron chi connectivity index (χ4n) is 1.38. The molecule has 0 aliphatic rings. The maximum atomic E-state index is 13.0. The maximum absolute atomic E-state index is 13.0. The lowest BCUT2D eigenvalue weighted by molar-refractivity contribution is -0.386. The molecule has 0 fully saturated rings. The molecule has 0 saturated heterocycles. The number of rotatable bonds is 5. The number of ether oxygens (including phenoxy) is 1. The van der Waals surface area contributed by atoms with Crippen molar-refractivity contribution in [3.8, 4) is 5.75 Å². The highest BCUT2D eigenvalue weighted by molar-refractivity contribution is 5.46. The van der Waals surface area contributed by atoms with Crippen molar-refractivity contribution in [3.05, 3.63) is 45.9 Å². The van der Waals surface area contributed by atoms with Crippen LogP contribution < -0.4 is 4.74 Å². The average Bonchev–Trinajstić information content (AvgIpc) is 2.84. The van der Waals surface area contributed by atoms with Crippen molar-refractivity contribution in [1.82, 2.24) is 10.2 Å². The first-order valence-corrected chi connectivity index (χ1v) is 5.48. The molecule has 0 radical (unpaired) electrons. The highest BCUT2D eigenvalue weighted by atomic mass is 19.1. The van der Waals surface area contributed by atoms with E-state index in [0.717, 1.165) is 18.2 Å². The van der Waals surface area contributed by atoms with Crippen molar-refractivity contribution in [2.75, 3.05) is 0 Å². The van der Waals surface area contributed by atoms with Crippen molar-refractivity contribution in [2.45, 2.75) is 20.0 Å². The zero-order valence-electron chi connectivity index (χ0n) is 10.00. The third-order valence-electron chi connectivity index (χ3n) is 2.28. The number of nitro benzene ring substituents is 1. The SMILES string of the molecule is CCc1nnc(COc2cc(F)ccc2[N+](=O)[O-])o1. The fourth-order valence-corrected chi connectivity index (χ4v) is 1.38. The van der Waals surface area contributed by atoms with Gasteiger partial charge < -0.3 is 9.15 Å². The molecule has 0 aliphatic heterocycles. The smallest absolute Gasteiger partial charge is 0.311 e. The van der Waals surface area contributed by atoms with Gasteiger partial charge in [0, 0.05) is 18.6 Å². The molecular weight excluding hydrogens is 257 g/mol. The Kier molecular flexibility index (Phi) is 3.69. The highest BCUT2D eigenvalue weighted by Gasteiger charge is 2.17. The Morgan fingerprint density at radius 2 is 2.16 bits per heavy atom. The van der Waals surface area contributed by atoms with Crippen molar-refractivity contribution >= 4 is 5.69 Å². The number of aryl methyl sites for hydroxylation is 1. The third kappa shape index (κ3) is 3.03. The normalized spacial score (nSPS) is 10.4. The number of nitro groups is 1. The second-order valence-electron chi connectivity index (χ2n) is 3.60. The van der Waals surface area contributed by atoms with E-state index in [-0.39, 0.29) is 23.9 Å². The summed E-state index contributed by atoms with van der Waals surface area (Å²) >= 11 is 0. The van der Waals surface area contributed by atoms with Gasteiger partial charge in [-0.3, -0.25) is 10.1 Å². The van der Waals surface area contributed by atoms with E-state index in [9.17, 15) is 14.5 Å². The second kappa shape index (κ2) is 5.42. The molecular formula is C11H10FN3O4. The molecule has 0 aliphatic carbocycles. The van der Waals surface area contributed by atoms with Crippen LogP contribution in [0.15, 0.2) is 22.6 Å². The molecule has 1 aromatic heterocycles. The Hall–Kier alpha value is -2.51. The van der Waals surface area contributed by atoms with E-state index in [4.69, 9.17) is 9.15 Å². The van der Waals surface area contributed by atoms with Gasteiger partial charge >= 0.3 is 5.69 Å². The molecule has 0 atom stereocenters. The van der Waals surface area contributed by atoms with Crippen LogP contribution in [0.4, 0.5) is 10.1 Å². The average molecular weight is 267 g/mol. The quantitative estimate of drug-likeness (QED) is 0.609. The lowest BCUT2D eigenvalue weighted by Crippen LogP contribution is -2.00. The maximum Gasteiger partial charge on any atom is 0.311 e. The van der Waals surface area contributed by atoms with Crippen LogP contribution in [0.5, 0.6) is 5.75 Å². The van der Waals surface area contributed by atoms with Crippen molar-refractivity contribution in [2.24, 2.45) is 0 Å². The van der Waals surface area contributed by atoms with Crippen LogP contribution in [0.2, 0.25) is 0 Å². The van der Waals surface area contributed by atoms with Crippen LogP contribution in [-0.2, 0) is 13.0 Å². The van der Waals surface area contributed by atoms with Gasteiger partial charge in [-0.15, -0.1) is 10.2 Å². The van der Waals surface area contributed by atoms with E-state index in [0.29, 0.717) is 12.3 Å². The second-order valence-corrected chi connectivity index (χ2v) is 3.60. The van der Waals surface area contributed by atoms with E-state index in [1.165, 1.54) is 0 Å². The predicted molar refractivity (Wildman–Crippen MR) is 61.1 cm³/mol. The predicted octanol–water partition coefficient (Wildman–Crippen LogP) is 2.26. The first kappa shape index (κ1) is 12.9. The zero-order valence-corrected chi connectivity index (χ0v) is 10.00. The number of hydrogen-bond acceptors (Lipinski definition) is 6. The van der Waals surface area contributed by atoms with Gasteiger partial charge in [-0.05, 0) is 6.07 Å². The monoisotopic (exact) mass is 267 g/mol. The summed E-state index contributed by atoms with van der Waals surface area (Å²) in [6.45, 7) is 1.69. The molecule has 0 bridgehead atoms. The molecule has 2 rings (SSSR count). The molecule has 0 spiro atoms. The summed E-state index contributed by atoms with van der Waals surface area (Å²) in [6, 6.07) is 2.97. The summed E-state index contributed by atoms with van der Waals surface area (Å²) in [5.74, 6) is -0.190. The molecule has 0 saturated carbocycles. The molecule has 100 valence electrons. The van der Waals surface area contributed by atoms with Gasteiger partial charge in [-0.2, -0.15) is 0 Å². The number of benzene rings is 1. The van der Waals surface area contributed by atoms with Crippen molar-refractivity contribution < 1.29 is 18.5 Å². The van der Waals surface area contributed by atoms with E-state index in [2.05, 4.69) is 10.2 Å². The summed E-state index contributed by atoms with van der Waals surface area (Å²) in [4.78, 5) is 10.1. The molecule has 19 heavy (non-hydrogen) atoms. The number of hydrogen-bond donors (Lipinski definition) is 0. The Balaban J connectivity index is 2.14. The van der Waals surface area contributed by atoms with Gasteiger partial charge in [-0.25, -0.2) is 4.39 Å². The van der Waals surface area contributed by atoms with Crippen LogP contribution >= 0.6 is 0 Å². The molecule has 8 heteroatoms. The van der Waals surface area contributed by atoms with Gasteiger partial charge in [-0.1, -0.05) is 6.92 Å². The molecule has 0 amide bonds. The molecule has 7 nitrogen and oxygen atoms in total. The topological polar surface area (TPSA) is 91.3 Å². The van der Waals surface area contributed by atoms with E-state index < -0.39 is 10.7 Å². The number of halogens is 1. The summed E-state index contributed by atoms with van der Waals surface area (Å²) in [7, 11) is 0. The number of nitrogens with zero attached hydrogens (tertiary/aromatic N) is 3. The minimum Gasteiger partial charge on any atom is -0.477 e. The van der Waals surface area contributed by atoms with Gasteiger partial charge in [0.25, 0.3) is 5.89 Å². The Morgan fingerprint density at radius 1 is 1.42 bits per heavy atom. The first-order valence-electron chi connectivity index (χ1n) is 5.48. The van der Waals surface area contributed by atoms with Crippen LogP contribution in [0.3, 0.4) is 0 Å². The fraction of sp³-hybridized carbons (Fsp3) is 0.273. The lowest BCUT2D eigenvalue weighted by Gasteiger charge is -2.04. The third-order valence-corrected chi connectivity index (χ3v) is 2.28. The lowest BCUT2D eigenvalue weighted by atomic mass is 10.3. The van der Waals surface area contributed by atoms with E-state index >= 15 is 0 Å². The molecule has 0 N–H and O–H groups in total. The minimum atomic E-state index is -0.653. The van der Waals surface area contributed by atoms with Crippen molar-refractivity contribution in [1.29, 1.82) is 0 Å². The summed E-state index contributed by atoms with van der Waals surface area (Å²) in [6.07, 6.45) is 0.577. The van der Waals surface area contributed by atoms with Crippen LogP contribution in [0.1, 0.15) is 18.7 Å². The van der Waals surface area contributed by atoms with Gasteiger partial charge in [0.05, 0.1) is 4.92 Å². The first-order chi connectivity index (χ1) is 9.10. The van der Waals surface area contributed by atoms with E-state index in [1.54, 1.807) is 0 Å². The minimum absolute atomic E-state index is 0.155. The molecule has 0 unspecified atom stereocenters.